The highest BCUT2D eigenvalue weighted by molar-refractivity contribution is 7.14. The standard InChI is InChI=1S/C14H17N3S/c15-12-8-6-11(7-9-12)14-17-16-13(18-14)10-4-2-1-3-5-10/h1-5,11-12H,6-9,15H2. The van der Waals surface area contributed by atoms with E-state index in [-0.39, 0.29) is 0 Å². The van der Waals surface area contributed by atoms with Crippen LogP contribution in [-0.4, -0.2) is 16.2 Å². The van der Waals surface area contributed by atoms with Crippen LogP contribution in [0.4, 0.5) is 0 Å². The molecular formula is C14H17N3S. The normalized spacial score (nSPS) is 24.1. The van der Waals surface area contributed by atoms with Gasteiger partial charge in [-0.05, 0) is 25.7 Å². The number of aromatic nitrogens is 2. The van der Waals surface area contributed by atoms with Crippen molar-refractivity contribution in [3.05, 3.63) is 35.3 Å². The fraction of sp³-hybridized carbons (Fsp3) is 0.429. The highest BCUT2D eigenvalue weighted by Gasteiger charge is 2.23. The molecule has 1 aliphatic carbocycles. The van der Waals surface area contributed by atoms with Crippen LogP contribution in [0.15, 0.2) is 30.3 Å². The summed E-state index contributed by atoms with van der Waals surface area (Å²) in [7, 11) is 0. The number of hydrogen-bond acceptors (Lipinski definition) is 4. The first-order chi connectivity index (χ1) is 8.83. The summed E-state index contributed by atoms with van der Waals surface area (Å²) in [4.78, 5) is 0. The Labute approximate surface area is 111 Å². The molecule has 2 N–H and O–H groups in total. The van der Waals surface area contributed by atoms with Gasteiger partial charge in [-0.25, -0.2) is 0 Å². The van der Waals surface area contributed by atoms with Gasteiger partial charge in [0.25, 0.3) is 0 Å². The van der Waals surface area contributed by atoms with E-state index in [4.69, 9.17) is 5.73 Å². The van der Waals surface area contributed by atoms with E-state index in [0.29, 0.717) is 12.0 Å². The van der Waals surface area contributed by atoms with E-state index in [1.54, 1.807) is 11.3 Å². The summed E-state index contributed by atoms with van der Waals surface area (Å²) in [5, 5.41) is 10.9. The SMILES string of the molecule is NC1CCC(c2nnc(-c3ccccc3)s2)CC1. The number of rotatable bonds is 2. The third-order valence-electron chi connectivity index (χ3n) is 3.58. The fourth-order valence-corrected chi connectivity index (χ4v) is 3.48. The molecule has 1 aromatic carbocycles. The van der Waals surface area contributed by atoms with Crippen LogP contribution in [0.5, 0.6) is 0 Å². The molecule has 0 spiro atoms. The molecule has 1 saturated carbocycles. The van der Waals surface area contributed by atoms with Crippen molar-refractivity contribution in [2.24, 2.45) is 5.73 Å². The minimum absolute atomic E-state index is 0.391. The molecule has 3 rings (SSSR count). The predicted octanol–water partition coefficient (Wildman–Crippen LogP) is 3.19. The largest absolute Gasteiger partial charge is 0.328 e. The summed E-state index contributed by atoms with van der Waals surface area (Å²) in [6, 6.07) is 10.7. The maximum absolute atomic E-state index is 5.94. The van der Waals surface area contributed by atoms with Gasteiger partial charge in [0, 0.05) is 17.5 Å². The van der Waals surface area contributed by atoms with Crippen molar-refractivity contribution in [1.82, 2.24) is 10.2 Å². The number of nitrogens with two attached hydrogens (primary N) is 1. The van der Waals surface area contributed by atoms with Crippen LogP contribution in [0.2, 0.25) is 0 Å². The summed E-state index contributed by atoms with van der Waals surface area (Å²) >= 11 is 1.73. The Morgan fingerprint density at radius 1 is 1.00 bits per heavy atom. The zero-order chi connectivity index (χ0) is 12.4. The van der Waals surface area contributed by atoms with Crippen molar-refractivity contribution < 1.29 is 0 Å². The lowest BCUT2D eigenvalue weighted by atomic mass is 9.87. The van der Waals surface area contributed by atoms with Gasteiger partial charge in [-0.3, -0.25) is 0 Å². The van der Waals surface area contributed by atoms with E-state index >= 15 is 0 Å². The quantitative estimate of drug-likeness (QED) is 0.901. The van der Waals surface area contributed by atoms with Gasteiger partial charge in [-0.2, -0.15) is 0 Å². The molecule has 2 aromatic rings. The highest BCUT2D eigenvalue weighted by atomic mass is 32.1. The van der Waals surface area contributed by atoms with Crippen molar-refractivity contribution >= 4 is 11.3 Å². The Hall–Kier alpha value is -1.26. The fourth-order valence-electron chi connectivity index (χ4n) is 2.46. The Morgan fingerprint density at radius 2 is 1.72 bits per heavy atom. The van der Waals surface area contributed by atoms with Gasteiger partial charge < -0.3 is 5.73 Å². The van der Waals surface area contributed by atoms with Gasteiger partial charge >= 0.3 is 0 Å². The lowest BCUT2D eigenvalue weighted by Gasteiger charge is -2.23. The Bertz CT molecular complexity index is 501. The van der Waals surface area contributed by atoms with Gasteiger partial charge in [0.1, 0.15) is 10.0 Å². The van der Waals surface area contributed by atoms with E-state index in [1.807, 2.05) is 18.2 Å². The number of benzene rings is 1. The average molecular weight is 259 g/mol. The minimum Gasteiger partial charge on any atom is -0.328 e. The second-order valence-corrected chi connectivity index (χ2v) is 5.93. The molecule has 0 atom stereocenters. The van der Waals surface area contributed by atoms with Crippen molar-refractivity contribution in [3.8, 4) is 10.6 Å². The molecule has 1 heterocycles. The molecule has 1 aromatic heterocycles. The van der Waals surface area contributed by atoms with E-state index in [2.05, 4.69) is 22.3 Å². The molecule has 1 aliphatic rings. The van der Waals surface area contributed by atoms with E-state index in [9.17, 15) is 0 Å². The van der Waals surface area contributed by atoms with E-state index in [1.165, 1.54) is 5.01 Å². The lowest BCUT2D eigenvalue weighted by Crippen LogP contribution is -2.25. The topological polar surface area (TPSA) is 51.8 Å². The second kappa shape index (κ2) is 5.16. The zero-order valence-electron chi connectivity index (χ0n) is 10.2. The van der Waals surface area contributed by atoms with Gasteiger partial charge in [-0.1, -0.05) is 41.7 Å². The van der Waals surface area contributed by atoms with Gasteiger partial charge in [0.2, 0.25) is 0 Å². The monoisotopic (exact) mass is 259 g/mol. The first kappa shape index (κ1) is 11.8. The second-order valence-electron chi connectivity index (χ2n) is 4.92. The van der Waals surface area contributed by atoms with E-state index in [0.717, 1.165) is 36.3 Å². The molecule has 0 bridgehead atoms. The molecule has 0 radical (unpaired) electrons. The van der Waals surface area contributed by atoms with Crippen LogP contribution >= 0.6 is 11.3 Å². The third kappa shape index (κ3) is 2.44. The minimum atomic E-state index is 0.391. The molecule has 4 heteroatoms. The molecule has 3 nitrogen and oxygen atoms in total. The van der Waals surface area contributed by atoms with Crippen molar-refractivity contribution in [2.75, 3.05) is 0 Å². The molecule has 0 amide bonds. The molecule has 94 valence electrons. The first-order valence-corrected chi connectivity index (χ1v) is 7.29. The predicted molar refractivity (Wildman–Crippen MR) is 74.5 cm³/mol. The Kier molecular flexibility index (Phi) is 3.39. The van der Waals surface area contributed by atoms with E-state index < -0.39 is 0 Å². The third-order valence-corrected chi connectivity index (χ3v) is 4.72. The van der Waals surface area contributed by atoms with Crippen molar-refractivity contribution in [1.29, 1.82) is 0 Å². The molecular weight excluding hydrogens is 242 g/mol. The first-order valence-electron chi connectivity index (χ1n) is 6.47. The number of nitrogens with zero attached hydrogens (tertiary/aromatic N) is 2. The molecule has 0 unspecified atom stereocenters. The summed E-state index contributed by atoms with van der Waals surface area (Å²) in [6.07, 6.45) is 4.55. The Balaban J connectivity index is 1.78. The summed E-state index contributed by atoms with van der Waals surface area (Å²) in [5.74, 6) is 0.569. The maximum Gasteiger partial charge on any atom is 0.147 e. The summed E-state index contributed by atoms with van der Waals surface area (Å²) in [6.45, 7) is 0. The average Bonchev–Trinajstić information content (AvgIpc) is 2.90. The maximum atomic E-state index is 5.94. The van der Waals surface area contributed by atoms with Crippen LogP contribution in [0.3, 0.4) is 0 Å². The molecule has 18 heavy (non-hydrogen) atoms. The van der Waals surface area contributed by atoms with Crippen LogP contribution in [0.1, 0.15) is 36.6 Å². The highest BCUT2D eigenvalue weighted by Crippen LogP contribution is 2.35. The smallest absolute Gasteiger partial charge is 0.147 e. The zero-order valence-corrected chi connectivity index (χ0v) is 11.1. The van der Waals surface area contributed by atoms with Gasteiger partial charge in [0.05, 0.1) is 0 Å². The van der Waals surface area contributed by atoms with Crippen molar-refractivity contribution in [3.63, 3.8) is 0 Å². The van der Waals surface area contributed by atoms with Crippen LogP contribution in [-0.2, 0) is 0 Å². The van der Waals surface area contributed by atoms with Crippen LogP contribution in [0, 0.1) is 0 Å². The number of hydrogen-bond donors (Lipinski definition) is 1. The lowest BCUT2D eigenvalue weighted by molar-refractivity contribution is 0.393. The van der Waals surface area contributed by atoms with Crippen LogP contribution < -0.4 is 5.73 Å². The molecule has 1 fully saturated rings. The summed E-state index contributed by atoms with van der Waals surface area (Å²) in [5.41, 5.74) is 7.10. The Morgan fingerprint density at radius 3 is 2.44 bits per heavy atom. The summed E-state index contributed by atoms with van der Waals surface area (Å²) < 4.78 is 0. The van der Waals surface area contributed by atoms with Crippen LogP contribution in [0.25, 0.3) is 10.6 Å². The molecule has 0 saturated heterocycles. The molecule has 0 aliphatic heterocycles. The van der Waals surface area contributed by atoms with Gasteiger partial charge in [-0.15, -0.1) is 10.2 Å². The van der Waals surface area contributed by atoms with Gasteiger partial charge in [0.15, 0.2) is 0 Å². The van der Waals surface area contributed by atoms with Crippen molar-refractivity contribution in [2.45, 2.75) is 37.6 Å².